The van der Waals surface area contributed by atoms with Crippen LogP contribution in [0.15, 0.2) is 35.2 Å². The second-order valence-corrected chi connectivity index (χ2v) is 6.44. The lowest BCUT2D eigenvalue weighted by Gasteiger charge is -2.28. The Morgan fingerprint density at radius 1 is 1.04 bits per heavy atom. The van der Waals surface area contributed by atoms with Crippen LogP contribution in [0.3, 0.4) is 0 Å². The highest BCUT2D eigenvalue weighted by molar-refractivity contribution is 7.98. The molecular formula is C19H20O5S. The van der Waals surface area contributed by atoms with Crippen LogP contribution in [-0.4, -0.2) is 33.6 Å². The lowest BCUT2D eigenvalue weighted by molar-refractivity contribution is -0.135. The molecule has 25 heavy (non-hydrogen) atoms. The minimum atomic E-state index is -0.277. The number of rotatable bonds is 5. The van der Waals surface area contributed by atoms with E-state index >= 15 is 0 Å². The number of hydrogen-bond acceptors (Lipinski definition) is 6. The van der Waals surface area contributed by atoms with Gasteiger partial charge in [0.05, 0.1) is 27.8 Å². The van der Waals surface area contributed by atoms with Gasteiger partial charge in [-0.25, -0.2) is 0 Å². The summed E-state index contributed by atoms with van der Waals surface area (Å²) in [5.41, 5.74) is 1.83. The van der Waals surface area contributed by atoms with Crippen molar-refractivity contribution in [1.29, 1.82) is 0 Å². The first kappa shape index (κ1) is 17.5. The SMILES string of the molecule is COc1cc2c(c(OC)c1OC)[C@@H](c1ccc(SC)cc1)CC(=O)O2. The Bertz CT molecular complexity index is 785. The van der Waals surface area contributed by atoms with E-state index in [9.17, 15) is 4.79 Å². The predicted molar refractivity (Wildman–Crippen MR) is 96.4 cm³/mol. The number of fused-ring (bicyclic) bond motifs is 1. The fourth-order valence-corrected chi connectivity index (χ4v) is 3.53. The first-order chi connectivity index (χ1) is 12.1. The quantitative estimate of drug-likeness (QED) is 0.458. The van der Waals surface area contributed by atoms with Gasteiger partial charge < -0.3 is 18.9 Å². The first-order valence-corrected chi connectivity index (χ1v) is 9.02. The third kappa shape index (κ3) is 3.14. The summed E-state index contributed by atoms with van der Waals surface area (Å²) in [5, 5.41) is 0. The molecule has 1 aliphatic rings. The second kappa shape index (κ2) is 7.27. The van der Waals surface area contributed by atoms with E-state index in [0.717, 1.165) is 11.1 Å². The van der Waals surface area contributed by atoms with Crippen molar-refractivity contribution in [3.8, 4) is 23.0 Å². The summed E-state index contributed by atoms with van der Waals surface area (Å²) >= 11 is 1.68. The van der Waals surface area contributed by atoms with E-state index in [-0.39, 0.29) is 18.3 Å². The molecule has 1 atom stereocenters. The van der Waals surface area contributed by atoms with Gasteiger partial charge in [-0.2, -0.15) is 0 Å². The number of methoxy groups -OCH3 is 3. The topological polar surface area (TPSA) is 54.0 Å². The van der Waals surface area contributed by atoms with Gasteiger partial charge in [-0.3, -0.25) is 4.79 Å². The summed E-state index contributed by atoms with van der Waals surface area (Å²) in [7, 11) is 4.67. The van der Waals surface area contributed by atoms with E-state index in [0.29, 0.717) is 23.0 Å². The van der Waals surface area contributed by atoms with Crippen molar-refractivity contribution in [2.75, 3.05) is 27.6 Å². The maximum Gasteiger partial charge on any atom is 0.312 e. The van der Waals surface area contributed by atoms with Crippen molar-refractivity contribution in [1.82, 2.24) is 0 Å². The summed E-state index contributed by atoms with van der Waals surface area (Å²) < 4.78 is 21.9. The summed E-state index contributed by atoms with van der Waals surface area (Å²) in [6.07, 6.45) is 2.28. The molecule has 3 rings (SSSR count). The van der Waals surface area contributed by atoms with Crippen molar-refractivity contribution in [2.45, 2.75) is 17.2 Å². The van der Waals surface area contributed by atoms with Gasteiger partial charge in [0.2, 0.25) is 5.75 Å². The summed E-state index contributed by atoms with van der Waals surface area (Å²) in [4.78, 5) is 13.3. The molecule has 2 aromatic rings. The van der Waals surface area contributed by atoms with Crippen LogP contribution in [0.1, 0.15) is 23.5 Å². The maximum absolute atomic E-state index is 12.1. The van der Waals surface area contributed by atoms with Crippen LogP contribution in [0.2, 0.25) is 0 Å². The van der Waals surface area contributed by atoms with Crippen LogP contribution >= 0.6 is 11.8 Å². The summed E-state index contributed by atoms with van der Waals surface area (Å²) in [5.74, 6) is 1.49. The standard InChI is InChI=1S/C19H20O5S/c1-21-15-10-14-17(19(23-3)18(15)22-2)13(9-16(20)24-14)11-5-7-12(25-4)8-6-11/h5-8,10,13H,9H2,1-4H3/t13-/m1/s1. The first-order valence-electron chi connectivity index (χ1n) is 7.80. The number of hydrogen-bond donors (Lipinski definition) is 0. The highest BCUT2D eigenvalue weighted by Crippen LogP contribution is 2.52. The Morgan fingerprint density at radius 3 is 2.28 bits per heavy atom. The number of thioether (sulfide) groups is 1. The number of benzene rings is 2. The lowest BCUT2D eigenvalue weighted by atomic mass is 9.85. The zero-order valence-corrected chi connectivity index (χ0v) is 15.4. The lowest BCUT2D eigenvalue weighted by Crippen LogP contribution is -2.22. The summed E-state index contributed by atoms with van der Waals surface area (Å²) in [6.45, 7) is 0. The molecule has 6 heteroatoms. The monoisotopic (exact) mass is 360 g/mol. The molecule has 132 valence electrons. The van der Waals surface area contributed by atoms with E-state index in [2.05, 4.69) is 0 Å². The van der Waals surface area contributed by atoms with Gasteiger partial charge in [-0.1, -0.05) is 12.1 Å². The predicted octanol–water partition coefficient (Wildman–Crippen LogP) is 3.88. The van der Waals surface area contributed by atoms with E-state index in [1.807, 2.05) is 30.5 Å². The third-order valence-electron chi connectivity index (χ3n) is 4.29. The zero-order chi connectivity index (χ0) is 18.0. The number of esters is 1. The fraction of sp³-hybridized carbons (Fsp3) is 0.316. The van der Waals surface area contributed by atoms with E-state index in [4.69, 9.17) is 18.9 Å². The van der Waals surface area contributed by atoms with Crippen LogP contribution in [0.25, 0.3) is 0 Å². The minimum Gasteiger partial charge on any atom is -0.493 e. The fourth-order valence-electron chi connectivity index (χ4n) is 3.12. The molecule has 1 aliphatic heterocycles. The number of carbonyl (C=O) groups is 1. The van der Waals surface area contributed by atoms with Crippen LogP contribution in [0.4, 0.5) is 0 Å². The molecule has 0 aliphatic carbocycles. The second-order valence-electron chi connectivity index (χ2n) is 5.56. The Labute approximate surface area is 151 Å². The van der Waals surface area contributed by atoms with Crippen molar-refractivity contribution in [3.63, 3.8) is 0 Å². The van der Waals surface area contributed by atoms with Gasteiger partial charge in [0.1, 0.15) is 5.75 Å². The molecule has 0 unspecified atom stereocenters. The maximum atomic E-state index is 12.1. The van der Waals surface area contributed by atoms with Gasteiger partial charge in [0.15, 0.2) is 11.5 Å². The molecule has 2 aromatic carbocycles. The Morgan fingerprint density at radius 2 is 1.72 bits per heavy atom. The van der Waals surface area contributed by atoms with Crippen molar-refractivity contribution in [2.24, 2.45) is 0 Å². The van der Waals surface area contributed by atoms with Gasteiger partial charge in [-0.15, -0.1) is 11.8 Å². The Balaban J connectivity index is 2.19. The zero-order valence-electron chi connectivity index (χ0n) is 14.6. The summed E-state index contributed by atoms with van der Waals surface area (Å²) in [6, 6.07) is 9.85. The van der Waals surface area contributed by atoms with Gasteiger partial charge >= 0.3 is 5.97 Å². The molecule has 0 saturated heterocycles. The van der Waals surface area contributed by atoms with Crippen LogP contribution in [0, 0.1) is 0 Å². The third-order valence-corrected chi connectivity index (χ3v) is 5.04. The van der Waals surface area contributed by atoms with Gasteiger partial charge in [0, 0.05) is 22.4 Å². The Kier molecular flexibility index (Phi) is 5.08. The molecule has 0 fully saturated rings. The highest BCUT2D eigenvalue weighted by Gasteiger charge is 2.35. The molecule has 0 N–H and O–H groups in total. The van der Waals surface area contributed by atoms with Gasteiger partial charge in [-0.05, 0) is 24.0 Å². The van der Waals surface area contributed by atoms with Crippen molar-refractivity contribution < 1.29 is 23.7 Å². The molecule has 0 spiro atoms. The van der Waals surface area contributed by atoms with Crippen LogP contribution in [0.5, 0.6) is 23.0 Å². The molecule has 0 radical (unpaired) electrons. The molecule has 0 bridgehead atoms. The van der Waals surface area contributed by atoms with Crippen molar-refractivity contribution in [3.05, 3.63) is 41.5 Å². The van der Waals surface area contributed by atoms with Crippen molar-refractivity contribution >= 4 is 17.7 Å². The number of ether oxygens (including phenoxy) is 4. The average molecular weight is 360 g/mol. The normalized spacial score (nSPS) is 16.0. The molecular weight excluding hydrogens is 340 g/mol. The highest BCUT2D eigenvalue weighted by atomic mass is 32.2. The molecule has 0 amide bonds. The largest absolute Gasteiger partial charge is 0.493 e. The smallest absolute Gasteiger partial charge is 0.312 e. The van der Waals surface area contributed by atoms with Crippen LogP contribution < -0.4 is 18.9 Å². The van der Waals surface area contributed by atoms with E-state index < -0.39 is 0 Å². The Hall–Kier alpha value is -2.34. The molecule has 0 saturated carbocycles. The molecule has 1 heterocycles. The molecule has 5 nitrogen and oxygen atoms in total. The van der Waals surface area contributed by atoms with E-state index in [1.165, 1.54) is 12.0 Å². The van der Waals surface area contributed by atoms with Gasteiger partial charge in [0.25, 0.3) is 0 Å². The minimum absolute atomic E-state index is 0.165. The molecule has 0 aromatic heterocycles. The van der Waals surface area contributed by atoms with E-state index in [1.54, 1.807) is 32.0 Å². The van der Waals surface area contributed by atoms with Crippen LogP contribution in [-0.2, 0) is 4.79 Å². The number of carbonyl (C=O) groups excluding carboxylic acids is 1. The average Bonchev–Trinajstić information content (AvgIpc) is 2.65.